The topological polar surface area (TPSA) is 23.6 Å². The summed E-state index contributed by atoms with van der Waals surface area (Å²) in [5, 5.41) is 0. The Morgan fingerprint density at radius 1 is 1.15 bits per heavy atom. The maximum atomic E-state index is 11.8. The van der Waals surface area contributed by atoms with Crippen LogP contribution in [0.5, 0.6) is 0 Å². The molecule has 2 rings (SSSR count). The molecule has 110 valence electrons. The minimum Gasteiger partial charge on any atom is -0.372 e. The molecule has 1 aliphatic rings. The SMILES string of the molecule is CCN(CC)c1ccc(N2CCC(=O)C(C)C2C)cc1. The number of piperidine rings is 1. The first kappa shape index (κ1) is 14.9. The minimum atomic E-state index is 0.131. The summed E-state index contributed by atoms with van der Waals surface area (Å²) in [7, 11) is 0. The molecule has 0 N–H and O–H groups in total. The van der Waals surface area contributed by atoms with Crippen LogP contribution in [0.15, 0.2) is 24.3 Å². The van der Waals surface area contributed by atoms with Crippen LogP contribution in [0, 0.1) is 5.92 Å². The molecule has 3 nitrogen and oxygen atoms in total. The number of benzene rings is 1. The van der Waals surface area contributed by atoms with E-state index in [1.165, 1.54) is 11.4 Å². The van der Waals surface area contributed by atoms with Crippen molar-refractivity contribution in [3.05, 3.63) is 24.3 Å². The zero-order chi connectivity index (χ0) is 14.7. The number of Topliss-reactive ketones (excluding diaryl/α,β-unsaturated/α-hetero) is 1. The van der Waals surface area contributed by atoms with Gasteiger partial charge in [0.15, 0.2) is 0 Å². The molecule has 1 aromatic rings. The van der Waals surface area contributed by atoms with Gasteiger partial charge in [-0.3, -0.25) is 4.79 Å². The highest BCUT2D eigenvalue weighted by Crippen LogP contribution is 2.28. The highest BCUT2D eigenvalue weighted by Gasteiger charge is 2.30. The molecule has 2 unspecified atom stereocenters. The normalized spacial score (nSPS) is 23.0. The molecule has 0 amide bonds. The highest BCUT2D eigenvalue weighted by molar-refractivity contribution is 5.84. The Hall–Kier alpha value is -1.51. The Kier molecular flexibility index (Phi) is 4.69. The molecule has 0 aliphatic carbocycles. The van der Waals surface area contributed by atoms with Crippen LogP contribution in [0.25, 0.3) is 0 Å². The van der Waals surface area contributed by atoms with Gasteiger partial charge in [-0.25, -0.2) is 0 Å². The third-order valence-corrected chi connectivity index (χ3v) is 4.63. The lowest BCUT2D eigenvalue weighted by Gasteiger charge is -2.39. The number of carbonyl (C=O) groups is 1. The number of rotatable bonds is 4. The van der Waals surface area contributed by atoms with E-state index in [1.54, 1.807) is 0 Å². The molecule has 0 saturated carbocycles. The van der Waals surface area contributed by atoms with Crippen LogP contribution >= 0.6 is 0 Å². The quantitative estimate of drug-likeness (QED) is 0.841. The summed E-state index contributed by atoms with van der Waals surface area (Å²) < 4.78 is 0. The largest absolute Gasteiger partial charge is 0.372 e. The first-order valence-electron chi connectivity index (χ1n) is 7.72. The molecule has 0 radical (unpaired) electrons. The van der Waals surface area contributed by atoms with Gasteiger partial charge >= 0.3 is 0 Å². The Balaban J connectivity index is 2.15. The second-order valence-electron chi connectivity index (χ2n) is 5.63. The second-order valence-corrected chi connectivity index (χ2v) is 5.63. The van der Waals surface area contributed by atoms with Crippen molar-refractivity contribution in [2.45, 2.75) is 40.2 Å². The predicted molar refractivity (Wildman–Crippen MR) is 85.6 cm³/mol. The van der Waals surface area contributed by atoms with Crippen molar-refractivity contribution in [2.24, 2.45) is 5.92 Å². The van der Waals surface area contributed by atoms with Crippen LogP contribution in [0.1, 0.15) is 34.1 Å². The Bertz CT molecular complexity index is 451. The van der Waals surface area contributed by atoms with Crippen molar-refractivity contribution in [2.75, 3.05) is 29.4 Å². The Morgan fingerprint density at radius 3 is 2.30 bits per heavy atom. The van der Waals surface area contributed by atoms with Gasteiger partial charge in [0.25, 0.3) is 0 Å². The maximum Gasteiger partial charge on any atom is 0.139 e. The summed E-state index contributed by atoms with van der Waals surface area (Å²) in [4.78, 5) is 16.5. The Labute approximate surface area is 122 Å². The fourth-order valence-corrected chi connectivity index (χ4v) is 3.01. The molecule has 0 spiro atoms. The van der Waals surface area contributed by atoms with E-state index in [2.05, 4.69) is 54.8 Å². The highest BCUT2D eigenvalue weighted by atomic mass is 16.1. The van der Waals surface area contributed by atoms with Crippen LogP contribution in [0.3, 0.4) is 0 Å². The van der Waals surface area contributed by atoms with E-state index in [4.69, 9.17) is 0 Å². The number of nitrogens with zero attached hydrogens (tertiary/aromatic N) is 2. The number of anilines is 2. The van der Waals surface area contributed by atoms with Gasteiger partial charge < -0.3 is 9.80 Å². The lowest BCUT2D eigenvalue weighted by atomic mass is 9.90. The molecular formula is C17H26N2O. The second kappa shape index (κ2) is 6.29. The van der Waals surface area contributed by atoms with E-state index < -0.39 is 0 Å². The van der Waals surface area contributed by atoms with Crippen LogP contribution in [-0.2, 0) is 4.79 Å². The molecular weight excluding hydrogens is 248 g/mol. The van der Waals surface area contributed by atoms with Crippen molar-refractivity contribution < 1.29 is 4.79 Å². The predicted octanol–water partition coefficient (Wildman–Crippen LogP) is 3.34. The fourth-order valence-electron chi connectivity index (χ4n) is 3.01. The zero-order valence-corrected chi connectivity index (χ0v) is 13.1. The van der Waals surface area contributed by atoms with Crippen LogP contribution in [0.2, 0.25) is 0 Å². The van der Waals surface area contributed by atoms with Crippen LogP contribution < -0.4 is 9.80 Å². The summed E-state index contributed by atoms with van der Waals surface area (Å²) in [5.41, 5.74) is 2.50. The van der Waals surface area contributed by atoms with Gasteiger partial charge in [0.2, 0.25) is 0 Å². The van der Waals surface area contributed by atoms with E-state index in [9.17, 15) is 4.79 Å². The monoisotopic (exact) mass is 274 g/mol. The van der Waals surface area contributed by atoms with Gasteiger partial charge in [-0.2, -0.15) is 0 Å². The molecule has 3 heteroatoms. The standard InChI is InChI=1S/C17H26N2O/c1-5-18(6-2)15-7-9-16(10-8-15)19-12-11-17(20)13(3)14(19)4/h7-10,13-14H,5-6,11-12H2,1-4H3. The van der Waals surface area contributed by atoms with E-state index >= 15 is 0 Å². The average molecular weight is 274 g/mol. The smallest absolute Gasteiger partial charge is 0.139 e. The van der Waals surface area contributed by atoms with E-state index in [-0.39, 0.29) is 12.0 Å². The molecule has 1 aromatic carbocycles. The van der Waals surface area contributed by atoms with Gasteiger partial charge in [0, 0.05) is 49.4 Å². The van der Waals surface area contributed by atoms with Gasteiger partial charge in [0.1, 0.15) is 5.78 Å². The molecule has 1 aliphatic heterocycles. The first-order valence-corrected chi connectivity index (χ1v) is 7.72. The van der Waals surface area contributed by atoms with Crippen LogP contribution in [-0.4, -0.2) is 31.5 Å². The maximum absolute atomic E-state index is 11.8. The van der Waals surface area contributed by atoms with E-state index in [1.807, 2.05) is 6.92 Å². The lowest BCUT2D eigenvalue weighted by molar-refractivity contribution is -0.123. The van der Waals surface area contributed by atoms with Crippen molar-refractivity contribution >= 4 is 17.2 Å². The summed E-state index contributed by atoms with van der Waals surface area (Å²) in [5.74, 6) is 0.528. The van der Waals surface area contributed by atoms with Crippen molar-refractivity contribution in [1.82, 2.24) is 0 Å². The third-order valence-electron chi connectivity index (χ3n) is 4.63. The molecule has 0 aromatic heterocycles. The summed E-state index contributed by atoms with van der Waals surface area (Å²) >= 11 is 0. The molecule has 1 saturated heterocycles. The van der Waals surface area contributed by atoms with E-state index in [0.29, 0.717) is 12.2 Å². The fraction of sp³-hybridized carbons (Fsp3) is 0.588. The number of carbonyl (C=O) groups excluding carboxylic acids is 1. The summed E-state index contributed by atoms with van der Waals surface area (Å²) in [6.07, 6.45) is 0.670. The lowest BCUT2D eigenvalue weighted by Crippen LogP contribution is -2.46. The first-order chi connectivity index (χ1) is 9.58. The molecule has 0 bridgehead atoms. The van der Waals surface area contributed by atoms with Crippen LogP contribution in [0.4, 0.5) is 11.4 Å². The summed E-state index contributed by atoms with van der Waals surface area (Å²) in [6.45, 7) is 11.5. The van der Waals surface area contributed by atoms with Crippen molar-refractivity contribution in [3.8, 4) is 0 Å². The minimum absolute atomic E-state index is 0.131. The van der Waals surface area contributed by atoms with Gasteiger partial charge in [-0.15, -0.1) is 0 Å². The van der Waals surface area contributed by atoms with Gasteiger partial charge in [-0.05, 0) is 45.0 Å². The number of ketones is 1. The summed E-state index contributed by atoms with van der Waals surface area (Å²) in [6, 6.07) is 9.04. The zero-order valence-electron chi connectivity index (χ0n) is 13.1. The van der Waals surface area contributed by atoms with E-state index in [0.717, 1.165) is 19.6 Å². The number of hydrogen-bond acceptors (Lipinski definition) is 3. The van der Waals surface area contributed by atoms with Crippen molar-refractivity contribution in [3.63, 3.8) is 0 Å². The molecule has 1 fully saturated rings. The molecule has 2 atom stereocenters. The third kappa shape index (κ3) is 2.82. The average Bonchev–Trinajstić information content (AvgIpc) is 2.47. The van der Waals surface area contributed by atoms with Gasteiger partial charge in [-0.1, -0.05) is 6.92 Å². The van der Waals surface area contributed by atoms with Gasteiger partial charge in [0.05, 0.1) is 0 Å². The number of hydrogen-bond donors (Lipinski definition) is 0. The Morgan fingerprint density at radius 2 is 1.75 bits per heavy atom. The van der Waals surface area contributed by atoms with Crippen molar-refractivity contribution in [1.29, 1.82) is 0 Å². The molecule has 20 heavy (non-hydrogen) atoms. The molecule has 1 heterocycles.